The largest absolute Gasteiger partial charge is 0.354 e. The van der Waals surface area contributed by atoms with Crippen LogP contribution in [0.15, 0.2) is 83.8 Å². The van der Waals surface area contributed by atoms with Crippen LogP contribution in [-0.4, -0.2) is 44.3 Å². The van der Waals surface area contributed by atoms with Gasteiger partial charge in [0, 0.05) is 13.1 Å². The molecule has 3 aromatic rings. The lowest BCUT2D eigenvalue weighted by atomic mass is 10.1. The van der Waals surface area contributed by atoms with Crippen LogP contribution in [0.2, 0.25) is 0 Å². The number of para-hydroxylation sites is 1. The smallest absolute Gasteiger partial charge is 0.264 e. The van der Waals surface area contributed by atoms with Crippen LogP contribution in [-0.2, 0) is 26.2 Å². The summed E-state index contributed by atoms with van der Waals surface area (Å²) >= 11 is 0. The molecule has 0 radical (unpaired) electrons. The van der Waals surface area contributed by atoms with E-state index in [1.165, 1.54) is 4.90 Å². The molecule has 0 aliphatic rings. The number of amides is 2. The summed E-state index contributed by atoms with van der Waals surface area (Å²) < 4.78 is 28.7. The van der Waals surface area contributed by atoms with E-state index in [9.17, 15) is 18.0 Å². The molecular weight excluding hydrogens is 498 g/mol. The van der Waals surface area contributed by atoms with E-state index >= 15 is 0 Å². The van der Waals surface area contributed by atoms with E-state index in [1.807, 2.05) is 52.0 Å². The van der Waals surface area contributed by atoms with E-state index in [1.54, 1.807) is 54.6 Å². The molecule has 0 saturated heterocycles. The molecule has 38 heavy (non-hydrogen) atoms. The summed E-state index contributed by atoms with van der Waals surface area (Å²) in [6.07, 6.45) is 1.16. The molecule has 0 aliphatic heterocycles. The summed E-state index contributed by atoms with van der Waals surface area (Å²) in [4.78, 5) is 28.7. The SMILES string of the molecule is CCCNC(=O)[C@@H](CC)N(Cc1cccc(C)c1)C(=O)CN(c1ccccc1)S(=O)(=O)c1ccc(C)cc1. The van der Waals surface area contributed by atoms with Gasteiger partial charge in [-0.25, -0.2) is 8.42 Å². The molecule has 0 aliphatic carbocycles. The maximum absolute atomic E-state index is 14.0. The second-order valence-corrected chi connectivity index (χ2v) is 11.2. The fourth-order valence-electron chi connectivity index (χ4n) is 4.25. The first-order valence-electron chi connectivity index (χ1n) is 12.9. The zero-order valence-corrected chi connectivity index (χ0v) is 23.4. The van der Waals surface area contributed by atoms with E-state index in [-0.39, 0.29) is 17.3 Å². The Bertz CT molecular complexity index is 1330. The Kier molecular flexibility index (Phi) is 10.1. The van der Waals surface area contributed by atoms with Crippen molar-refractivity contribution >= 4 is 27.5 Å². The van der Waals surface area contributed by atoms with Crippen molar-refractivity contribution in [2.75, 3.05) is 17.4 Å². The highest BCUT2D eigenvalue weighted by molar-refractivity contribution is 7.92. The molecule has 0 heterocycles. The van der Waals surface area contributed by atoms with Crippen LogP contribution in [0.25, 0.3) is 0 Å². The van der Waals surface area contributed by atoms with Gasteiger partial charge < -0.3 is 10.2 Å². The van der Waals surface area contributed by atoms with E-state index < -0.39 is 28.5 Å². The van der Waals surface area contributed by atoms with Crippen LogP contribution < -0.4 is 9.62 Å². The quantitative estimate of drug-likeness (QED) is 0.360. The Morgan fingerprint density at radius 3 is 2.16 bits per heavy atom. The third-order valence-electron chi connectivity index (χ3n) is 6.30. The Morgan fingerprint density at radius 1 is 0.868 bits per heavy atom. The molecule has 0 aromatic heterocycles. The van der Waals surface area contributed by atoms with Crippen molar-refractivity contribution in [2.24, 2.45) is 0 Å². The van der Waals surface area contributed by atoms with Gasteiger partial charge in [0.25, 0.3) is 10.0 Å². The van der Waals surface area contributed by atoms with Crippen molar-refractivity contribution in [3.05, 3.63) is 95.6 Å². The molecule has 0 fully saturated rings. The minimum absolute atomic E-state index is 0.0951. The molecule has 1 N–H and O–H groups in total. The van der Waals surface area contributed by atoms with Crippen molar-refractivity contribution < 1.29 is 18.0 Å². The first-order chi connectivity index (χ1) is 18.2. The highest BCUT2D eigenvalue weighted by atomic mass is 32.2. The fraction of sp³-hybridized carbons (Fsp3) is 0.333. The van der Waals surface area contributed by atoms with Crippen LogP contribution in [0.5, 0.6) is 0 Å². The number of aryl methyl sites for hydroxylation is 2. The second kappa shape index (κ2) is 13.2. The van der Waals surface area contributed by atoms with Crippen molar-refractivity contribution in [2.45, 2.75) is 58.0 Å². The number of hydrogen-bond acceptors (Lipinski definition) is 4. The minimum atomic E-state index is -4.06. The number of sulfonamides is 1. The first-order valence-corrected chi connectivity index (χ1v) is 14.4. The van der Waals surface area contributed by atoms with Gasteiger partial charge in [-0.15, -0.1) is 0 Å². The predicted molar refractivity (Wildman–Crippen MR) is 151 cm³/mol. The number of hydrogen-bond donors (Lipinski definition) is 1. The fourth-order valence-corrected chi connectivity index (χ4v) is 5.67. The highest BCUT2D eigenvalue weighted by Crippen LogP contribution is 2.25. The Morgan fingerprint density at radius 2 is 1.55 bits per heavy atom. The highest BCUT2D eigenvalue weighted by Gasteiger charge is 2.33. The van der Waals surface area contributed by atoms with Crippen LogP contribution >= 0.6 is 0 Å². The standard InChI is InChI=1S/C30H37N3O4S/c1-5-19-31-30(35)28(6-2)32(21-25-12-10-11-24(4)20-25)29(34)22-33(26-13-8-7-9-14-26)38(36,37)27-17-15-23(3)16-18-27/h7-18,20,28H,5-6,19,21-22H2,1-4H3,(H,31,35)/t28-/m1/s1. The normalized spacial score (nSPS) is 12.0. The van der Waals surface area contributed by atoms with Crippen molar-refractivity contribution in [3.8, 4) is 0 Å². The van der Waals surface area contributed by atoms with Crippen molar-refractivity contribution in [1.29, 1.82) is 0 Å². The van der Waals surface area contributed by atoms with Gasteiger partial charge in [0.05, 0.1) is 10.6 Å². The molecule has 3 rings (SSSR count). The van der Waals surface area contributed by atoms with Crippen molar-refractivity contribution in [3.63, 3.8) is 0 Å². The summed E-state index contributed by atoms with van der Waals surface area (Å²) in [5, 5.41) is 2.90. The number of carbonyl (C=O) groups excluding carboxylic acids is 2. The molecule has 0 bridgehead atoms. The molecule has 8 heteroatoms. The van der Waals surface area contributed by atoms with E-state index in [4.69, 9.17) is 0 Å². The maximum Gasteiger partial charge on any atom is 0.264 e. The van der Waals surface area contributed by atoms with Crippen LogP contribution in [0, 0.1) is 13.8 Å². The number of anilines is 1. The lowest BCUT2D eigenvalue weighted by molar-refractivity contribution is -0.140. The number of carbonyl (C=O) groups is 2. The molecule has 3 aromatic carbocycles. The molecule has 7 nitrogen and oxygen atoms in total. The van der Waals surface area contributed by atoms with Gasteiger partial charge in [0.2, 0.25) is 11.8 Å². The van der Waals surface area contributed by atoms with Gasteiger partial charge in [0.15, 0.2) is 0 Å². The van der Waals surface area contributed by atoms with Crippen LogP contribution in [0.4, 0.5) is 5.69 Å². The number of nitrogens with zero attached hydrogens (tertiary/aromatic N) is 2. The third kappa shape index (κ3) is 7.22. The Balaban J connectivity index is 2.02. The Labute approximate surface area is 226 Å². The summed E-state index contributed by atoms with van der Waals surface area (Å²) in [6.45, 7) is 7.91. The number of nitrogens with one attached hydrogen (secondary N) is 1. The molecule has 0 spiro atoms. The van der Waals surface area contributed by atoms with E-state index in [0.717, 1.165) is 27.4 Å². The monoisotopic (exact) mass is 535 g/mol. The number of benzene rings is 3. The average molecular weight is 536 g/mol. The van der Waals surface area contributed by atoms with Gasteiger partial charge in [-0.2, -0.15) is 0 Å². The zero-order valence-electron chi connectivity index (χ0n) is 22.6. The lowest BCUT2D eigenvalue weighted by Crippen LogP contribution is -2.52. The summed E-state index contributed by atoms with van der Waals surface area (Å²) in [6, 6.07) is 22.1. The lowest BCUT2D eigenvalue weighted by Gasteiger charge is -2.33. The van der Waals surface area contributed by atoms with E-state index in [0.29, 0.717) is 18.7 Å². The van der Waals surface area contributed by atoms with Crippen LogP contribution in [0.3, 0.4) is 0 Å². The van der Waals surface area contributed by atoms with Gasteiger partial charge in [-0.1, -0.05) is 79.6 Å². The van der Waals surface area contributed by atoms with Gasteiger partial charge >= 0.3 is 0 Å². The van der Waals surface area contributed by atoms with Gasteiger partial charge in [-0.05, 0) is 56.5 Å². The summed E-state index contributed by atoms with van der Waals surface area (Å²) in [5.41, 5.74) is 3.21. The minimum Gasteiger partial charge on any atom is -0.354 e. The summed E-state index contributed by atoms with van der Waals surface area (Å²) in [5.74, 6) is -0.701. The molecule has 0 unspecified atom stereocenters. The number of rotatable bonds is 12. The maximum atomic E-state index is 14.0. The van der Waals surface area contributed by atoms with Gasteiger partial charge in [0.1, 0.15) is 12.6 Å². The molecular formula is C30H37N3O4S. The van der Waals surface area contributed by atoms with Gasteiger partial charge in [-0.3, -0.25) is 13.9 Å². The average Bonchev–Trinajstić information content (AvgIpc) is 2.91. The van der Waals surface area contributed by atoms with Crippen molar-refractivity contribution in [1.82, 2.24) is 10.2 Å². The van der Waals surface area contributed by atoms with Crippen LogP contribution in [0.1, 0.15) is 43.4 Å². The predicted octanol–water partition coefficient (Wildman–Crippen LogP) is 4.83. The molecule has 0 saturated carbocycles. The Hall–Kier alpha value is -3.65. The van der Waals surface area contributed by atoms with E-state index in [2.05, 4.69) is 5.32 Å². The molecule has 2 amide bonds. The topological polar surface area (TPSA) is 86.8 Å². The first kappa shape index (κ1) is 28.9. The third-order valence-corrected chi connectivity index (χ3v) is 8.09. The zero-order chi connectivity index (χ0) is 27.7. The molecule has 202 valence electrons. The molecule has 1 atom stereocenters. The summed E-state index contributed by atoms with van der Waals surface area (Å²) in [7, 11) is -4.06. The second-order valence-electron chi connectivity index (χ2n) is 9.39.